The van der Waals surface area contributed by atoms with Crippen molar-refractivity contribution in [3.05, 3.63) is 41.7 Å². The monoisotopic (exact) mass is 274 g/mol. The molecule has 0 aliphatic heterocycles. The number of hydrogen-bond donors (Lipinski definition) is 1. The first-order chi connectivity index (χ1) is 8.91. The summed E-state index contributed by atoms with van der Waals surface area (Å²) in [5, 5.41) is 2.80. The van der Waals surface area contributed by atoms with Crippen molar-refractivity contribution in [1.29, 1.82) is 0 Å². The average molecular weight is 274 g/mol. The highest BCUT2D eigenvalue weighted by atomic mass is 19.4. The summed E-state index contributed by atoms with van der Waals surface area (Å²) >= 11 is 0. The smallest absolute Gasteiger partial charge is 0.419 e. The van der Waals surface area contributed by atoms with E-state index >= 15 is 0 Å². The first-order valence-corrected chi connectivity index (χ1v) is 5.38. The van der Waals surface area contributed by atoms with Gasteiger partial charge in [-0.25, -0.2) is 9.37 Å². The van der Waals surface area contributed by atoms with Crippen LogP contribution in [-0.4, -0.2) is 12.0 Å². The third-order valence-corrected chi connectivity index (χ3v) is 2.44. The van der Waals surface area contributed by atoms with Gasteiger partial charge in [0.25, 0.3) is 0 Å². The molecule has 0 unspecified atom stereocenters. The van der Waals surface area contributed by atoms with Crippen molar-refractivity contribution in [2.45, 2.75) is 12.7 Å². The number of halogens is 4. The largest absolute Gasteiger partial charge is 0.439 e. The maximum Gasteiger partial charge on any atom is 0.419 e. The second kappa shape index (κ2) is 5.00. The van der Waals surface area contributed by atoms with E-state index in [-0.39, 0.29) is 11.3 Å². The zero-order valence-corrected chi connectivity index (χ0v) is 9.88. The van der Waals surface area contributed by atoms with Gasteiger partial charge in [-0.2, -0.15) is 13.2 Å². The fourth-order valence-corrected chi connectivity index (χ4v) is 1.57. The van der Waals surface area contributed by atoms with Crippen molar-refractivity contribution in [2.75, 3.05) is 7.05 Å². The second-order valence-electron chi connectivity index (χ2n) is 3.84. The summed E-state index contributed by atoms with van der Waals surface area (Å²) < 4.78 is 56.1. The SMILES string of the molecule is CNCc1ncc(-c2ccc(F)c(C(F)(F)F)c2)o1. The highest BCUT2D eigenvalue weighted by Crippen LogP contribution is 2.34. The van der Waals surface area contributed by atoms with Gasteiger partial charge in [0.2, 0.25) is 5.89 Å². The molecule has 0 spiro atoms. The van der Waals surface area contributed by atoms with Crippen LogP contribution >= 0.6 is 0 Å². The molecule has 1 N–H and O–H groups in total. The summed E-state index contributed by atoms with van der Waals surface area (Å²) in [7, 11) is 1.68. The lowest BCUT2D eigenvalue weighted by Crippen LogP contribution is -2.08. The molecule has 0 amide bonds. The molecule has 2 rings (SSSR count). The van der Waals surface area contributed by atoms with Crippen molar-refractivity contribution in [3.63, 3.8) is 0 Å². The van der Waals surface area contributed by atoms with Gasteiger partial charge in [-0.05, 0) is 25.2 Å². The van der Waals surface area contributed by atoms with Crippen LogP contribution in [0, 0.1) is 5.82 Å². The number of alkyl halides is 3. The molecule has 1 aromatic carbocycles. The Morgan fingerprint density at radius 3 is 2.68 bits per heavy atom. The van der Waals surface area contributed by atoms with E-state index in [0.29, 0.717) is 18.5 Å². The van der Waals surface area contributed by atoms with E-state index in [1.807, 2.05) is 0 Å². The van der Waals surface area contributed by atoms with Gasteiger partial charge in [0.15, 0.2) is 5.76 Å². The molecule has 0 saturated carbocycles. The Morgan fingerprint density at radius 2 is 2.05 bits per heavy atom. The van der Waals surface area contributed by atoms with Gasteiger partial charge in [0.05, 0.1) is 18.3 Å². The lowest BCUT2D eigenvalue weighted by molar-refractivity contribution is -0.139. The van der Waals surface area contributed by atoms with Gasteiger partial charge in [-0.1, -0.05) is 0 Å². The Morgan fingerprint density at radius 1 is 1.32 bits per heavy atom. The quantitative estimate of drug-likeness (QED) is 0.873. The van der Waals surface area contributed by atoms with E-state index in [1.165, 1.54) is 12.3 Å². The van der Waals surface area contributed by atoms with Gasteiger partial charge in [-0.15, -0.1) is 0 Å². The number of oxazole rings is 1. The van der Waals surface area contributed by atoms with Gasteiger partial charge in [-0.3, -0.25) is 0 Å². The Hall–Kier alpha value is -1.89. The molecule has 2 aromatic rings. The minimum absolute atomic E-state index is 0.128. The van der Waals surface area contributed by atoms with Crippen LogP contribution in [-0.2, 0) is 12.7 Å². The Balaban J connectivity index is 2.39. The van der Waals surface area contributed by atoms with Crippen LogP contribution in [0.25, 0.3) is 11.3 Å². The van der Waals surface area contributed by atoms with Crippen LogP contribution < -0.4 is 5.32 Å². The summed E-state index contributed by atoms with van der Waals surface area (Å²) in [4.78, 5) is 3.89. The number of nitrogens with one attached hydrogen (secondary N) is 1. The predicted octanol–water partition coefficient (Wildman–Crippen LogP) is 3.22. The molecule has 7 heteroatoms. The van der Waals surface area contributed by atoms with Gasteiger partial charge in [0, 0.05) is 5.56 Å². The highest BCUT2D eigenvalue weighted by Gasteiger charge is 2.34. The molecular formula is C12H10F4N2O. The van der Waals surface area contributed by atoms with E-state index in [4.69, 9.17) is 4.42 Å². The summed E-state index contributed by atoms with van der Waals surface area (Å²) in [6, 6.07) is 2.69. The molecule has 0 fully saturated rings. The third kappa shape index (κ3) is 2.93. The molecule has 0 bridgehead atoms. The topological polar surface area (TPSA) is 38.1 Å². The number of benzene rings is 1. The fourth-order valence-electron chi connectivity index (χ4n) is 1.57. The van der Waals surface area contributed by atoms with Crippen molar-refractivity contribution in [1.82, 2.24) is 10.3 Å². The van der Waals surface area contributed by atoms with Crippen LogP contribution in [0.5, 0.6) is 0 Å². The van der Waals surface area contributed by atoms with Crippen molar-refractivity contribution < 1.29 is 22.0 Å². The van der Waals surface area contributed by atoms with Crippen molar-refractivity contribution in [3.8, 4) is 11.3 Å². The first kappa shape index (κ1) is 13.5. The zero-order valence-electron chi connectivity index (χ0n) is 9.88. The molecule has 0 atom stereocenters. The molecular weight excluding hydrogens is 264 g/mol. The van der Waals surface area contributed by atoms with Gasteiger partial charge < -0.3 is 9.73 Å². The third-order valence-electron chi connectivity index (χ3n) is 2.44. The average Bonchev–Trinajstić information content (AvgIpc) is 2.77. The lowest BCUT2D eigenvalue weighted by Gasteiger charge is -2.08. The molecule has 1 aromatic heterocycles. The molecule has 0 aliphatic rings. The Bertz CT molecular complexity index is 577. The van der Waals surface area contributed by atoms with E-state index < -0.39 is 17.6 Å². The Labute approximate surface area is 106 Å². The second-order valence-corrected chi connectivity index (χ2v) is 3.84. The summed E-state index contributed by atoms with van der Waals surface area (Å²) in [5.74, 6) is -0.808. The van der Waals surface area contributed by atoms with E-state index in [0.717, 1.165) is 6.07 Å². The van der Waals surface area contributed by atoms with Gasteiger partial charge >= 0.3 is 6.18 Å². The van der Waals surface area contributed by atoms with E-state index in [9.17, 15) is 17.6 Å². The lowest BCUT2D eigenvalue weighted by atomic mass is 10.1. The molecule has 19 heavy (non-hydrogen) atoms. The Kier molecular flexibility index (Phi) is 3.57. The zero-order chi connectivity index (χ0) is 14.0. The number of nitrogens with zero attached hydrogens (tertiary/aromatic N) is 1. The van der Waals surface area contributed by atoms with Crippen LogP contribution in [0.15, 0.2) is 28.8 Å². The van der Waals surface area contributed by atoms with Gasteiger partial charge in [0.1, 0.15) is 5.82 Å². The number of hydrogen-bond acceptors (Lipinski definition) is 3. The molecule has 0 aliphatic carbocycles. The van der Waals surface area contributed by atoms with Crippen LogP contribution in [0.4, 0.5) is 17.6 Å². The standard InChI is InChI=1S/C12H10F4N2O/c1-17-6-11-18-5-10(19-11)7-2-3-9(13)8(4-7)12(14,15)16/h2-5,17H,6H2,1H3. The maximum atomic E-state index is 13.1. The fraction of sp³-hybridized carbons (Fsp3) is 0.250. The molecule has 0 saturated heterocycles. The predicted molar refractivity (Wildman–Crippen MR) is 59.7 cm³/mol. The minimum Gasteiger partial charge on any atom is -0.439 e. The van der Waals surface area contributed by atoms with Crippen LogP contribution in [0.3, 0.4) is 0 Å². The summed E-state index contributed by atoms with van der Waals surface area (Å²) in [6.07, 6.45) is -3.44. The van der Waals surface area contributed by atoms with E-state index in [2.05, 4.69) is 10.3 Å². The van der Waals surface area contributed by atoms with Crippen molar-refractivity contribution in [2.24, 2.45) is 0 Å². The molecule has 3 nitrogen and oxygen atoms in total. The molecule has 102 valence electrons. The van der Waals surface area contributed by atoms with E-state index in [1.54, 1.807) is 7.05 Å². The summed E-state index contributed by atoms with van der Waals surface area (Å²) in [5.41, 5.74) is -1.19. The number of aromatic nitrogens is 1. The number of rotatable bonds is 3. The molecule has 0 radical (unpaired) electrons. The first-order valence-electron chi connectivity index (χ1n) is 5.38. The normalized spacial score (nSPS) is 11.8. The van der Waals surface area contributed by atoms with Crippen molar-refractivity contribution >= 4 is 0 Å². The van der Waals surface area contributed by atoms with Crippen LogP contribution in [0.2, 0.25) is 0 Å². The van der Waals surface area contributed by atoms with Crippen LogP contribution in [0.1, 0.15) is 11.5 Å². The molecule has 1 heterocycles. The highest BCUT2D eigenvalue weighted by molar-refractivity contribution is 5.58. The maximum absolute atomic E-state index is 13.1. The minimum atomic E-state index is -4.74. The summed E-state index contributed by atoms with van der Waals surface area (Å²) in [6.45, 7) is 0.354.